The molecule has 0 spiro atoms. The Balaban J connectivity index is 1.61. The van der Waals surface area contributed by atoms with E-state index < -0.39 is 37.4 Å². The molecule has 1 N–H and O–H groups in total. The normalized spacial score (nSPS) is 18.5. The molecule has 2 heterocycles. The number of hydrogen-bond donors (Lipinski definition) is 1. The highest BCUT2D eigenvalue weighted by molar-refractivity contribution is 6.74. The Bertz CT molecular complexity index is 1730. The lowest BCUT2D eigenvalue weighted by atomic mass is 9.79. The quantitative estimate of drug-likeness (QED) is 0.137. The number of hydrogen-bond acceptors (Lipinski definition) is 7. The number of methoxy groups -OCH3 is 2. The fraction of sp³-hybridized carbons (Fsp3) is 0.421. The Hall–Kier alpha value is -3.96. The zero-order valence-electron chi connectivity index (χ0n) is 29.2. The highest BCUT2D eigenvalue weighted by Crippen LogP contribution is 2.45. The van der Waals surface area contributed by atoms with Crippen molar-refractivity contribution in [1.29, 1.82) is 0 Å². The maximum atomic E-state index is 12.8. The highest BCUT2D eigenvalue weighted by Gasteiger charge is 2.47. The summed E-state index contributed by atoms with van der Waals surface area (Å²) in [5.41, 5.74) is 1.32. The fourth-order valence-corrected chi connectivity index (χ4v) is 6.94. The first kappa shape index (κ1) is 35.3. The van der Waals surface area contributed by atoms with Crippen molar-refractivity contribution in [2.75, 3.05) is 20.8 Å². The molecule has 1 saturated heterocycles. The van der Waals surface area contributed by atoms with Crippen LogP contribution in [0.15, 0.2) is 94.6 Å². The van der Waals surface area contributed by atoms with Gasteiger partial charge in [0, 0.05) is 18.2 Å². The van der Waals surface area contributed by atoms with Gasteiger partial charge in [-0.25, -0.2) is 4.79 Å². The van der Waals surface area contributed by atoms with Crippen molar-refractivity contribution in [1.82, 2.24) is 9.55 Å². The lowest BCUT2D eigenvalue weighted by Crippen LogP contribution is -2.46. The van der Waals surface area contributed by atoms with Gasteiger partial charge >= 0.3 is 5.69 Å². The first-order valence-electron chi connectivity index (χ1n) is 16.4. The molecule has 5 rings (SSSR count). The summed E-state index contributed by atoms with van der Waals surface area (Å²) in [5, 5.41) is 0.00208. The van der Waals surface area contributed by atoms with E-state index in [-0.39, 0.29) is 17.7 Å². The summed E-state index contributed by atoms with van der Waals surface area (Å²) in [6.07, 6.45) is 0.859. The Kier molecular flexibility index (Phi) is 10.5. The Morgan fingerprint density at radius 2 is 1.40 bits per heavy atom. The van der Waals surface area contributed by atoms with Gasteiger partial charge in [0.05, 0.1) is 39.6 Å². The number of ether oxygens (including phenoxy) is 4. The van der Waals surface area contributed by atoms with Crippen LogP contribution in [-0.2, 0) is 26.0 Å². The lowest BCUT2D eigenvalue weighted by molar-refractivity contribution is -0.0934. The zero-order valence-corrected chi connectivity index (χ0v) is 30.2. The average Bonchev–Trinajstić information content (AvgIpc) is 3.45. The molecule has 9 nitrogen and oxygen atoms in total. The van der Waals surface area contributed by atoms with Crippen LogP contribution in [0.5, 0.6) is 11.5 Å². The van der Waals surface area contributed by atoms with Gasteiger partial charge in [-0.15, -0.1) is 0 Å². The van der Waals surface area contributed by atoms with Crippen LogP contribution in [0.3, 0.4) is 0 Å². The Labute approximate surface area is 283 Å². The van der Waals surface area contributed by atoms with Gasteiger partial charge in [-0.3, -0.25) is 14.3 Å². The summed E-state index contributed by atoms with van der Waals surface area (Å²) < 4.78 is 33.5. The van der Waals surface area contributed by atoms with Crippen molar-refractivity contribution < 1.29 is 23.4 Å². The van der Waals surface area contributed by atoms with E-state index in [0.717, 1.165) is 28.2 Å². The first-order valence-corrected chi connectivity index (χ1v) is 19.3. The summed E-state index contributed by atoms with van der Waals surface area (Å²) in [6.45, 7) is 13.4. The number of aromatic nitrogens is 2. The molecule has 1 aliphatic rings. The molecule has 1 fully saturated rings. The maximum Gasteiger partial charge on any atom is 0.328 e. The van der Waals surface area contributed by atoms with E-state index in [1.54, 1.807) is 27.3 Å². The van der Waals surface area contributed by atoms with Crippen LogP contribution in [0, 0.1) is 6.92 Å². The van der Waals surface area contributed by atoms with E-state index in [4.69, 9.17) is 23.4 Å². The average molecular weight is 673 g/mol. The maximum absolute atomic E-state index is 12.8. The minimum atomic E-state index is -2.15. The molecule has 0 unspecified atom stereocenters. The summed E-state index contributed by atoms with van der Waals surface area (Å²) in [5.74, 6) is 1.48. The molecule has 0 bridgehead atoms. The number of benzene rings is 3. The van der Waals surface area contributed by atoms with Gasteiger partial charge in [-0.05, 0) is 66.0 Å². The van der Waals surface area contributed by atoms with Crippen LogP contribution in [0.1, 0.15) is 49.4 Å². The summed E-state index contributed by atoms with van der Waals surface area (Å²) in [4.78, 5) is 27.3. The molecule has 0 amide bonds. The summed E-state index contributed by atoms with van der Waals surface area (Å²) >= 11 is 0. The Morgan fingerprint density at radius 1 is 0.854 bits per heavy atom. The largest absolute Gasteiger partial charge is 0.497 e. The lowest BCUT2D eigenvalue weighted by Gasteiger charge is -2.40. The van der Waals surface area contributed by atoms with Gasteiger partial charge < -0.3 is 23.4 Å². The van der Waals surface area contributed by atoms with Crippen LogP contribution >= 0.6 is 0 Å². The molecular formula is C38H48N2O7Si. The highest BCUT2D eigenvalue weighted by atomic mass is 28.4. The molecule has 48 heavy (non-hydrogen) atoms. The van der Waals surface area contributed by atoms with Gasteiger partial charge in [-0.2, -0.15) is 0 Å². The third-order valence-corrected chi connectivity index (χ3v) is 14.3. The summed E-state index contributed by atoms with van der Waals surface area (Å²) in [6, 6.07) is 26.1. The van der Waals surface area contributed by atoms with Crippen molar-refractivity contribution >= 4 is 8.32 Å². The van der Waals surface area contributed by atoms with Crippen molar-refractivity contribution in [2.45, 2.75) is 82.7 Å². The molecule has 0 aliphatic carbocycles. The number of nitrogens with one attached hydrogen (secondary N) is 1. The zero-order chi connectivity index (χ0) is 34.7. The second-order valence-electron chi connectivity index (χ2n) is 14.0. The molecule has 0 saturated carbocycles. The molecule has 0 radical (unpaired) electrons. The third-order valence-electron chi connectivity index (χ3n) is 9.78. The second kappa shape index (κ2) is 14.3. The number of rotatable bonds is 12. The minimum Gasteiger partial charge on any atom is -0.497 e. The first-order chi connectivity index (χ1) is 22.8. The van der Waals surface area contributed by atoms with Crippen LogP contribution in [0.25, 0.3) is 0 Å². The van der Waals surface area contributed by atoms with Gasteiger partial charge in [-0.1, -0.05) is 75.4 Å². The predicted octanol–water partition coefficient (Wildman–Crippen LogP) is 6.42. The SMILES string of the molecule is COc1ccc(C(O[C@H]2C[C@@H](Cn3cc(C)c(=O)[nH]c3=O)O[C@@H]2CO[Si](C)(C)C(C)(C)C)(c2ccccc2)c2ccc(OC)cc2)cc1. The van der Waals surface area contributed by atoms with E-state index >= 15 is 0 Å². The number of nitrogens with zero attached hydrogens (tertiary/aromatic N) is 1. The van der Waals surface area contributed by atoms with Crippen LogP contribution in [0.2, 0.25) is 18.1 Å². The van der Waals surface area contributed by atoms with E-state index in [0.29, 0.717) is 18.6 Å². The molecular weight excluding hydrogens is 625 g/mol. The van der Waals surface area contributed by atoms with Gasteiger partial charge in [0.15, 0.2) is 8.32 Å². The third kappa shape index (κ3) is 7.37. The second-order valence-corrected chi connectivity index (χ2v) is 18.8. The van der Waals surface area contributed by atoms with Crippen molar-refractivity contribution in [2.24, 2.45) is 0 Å². The summed E-state index contributed by atoms with van der Waals surface area (Å²) in [7, 11) is 1.15. The smallest absolute Gasteiger partial charge is 0.328 e. The van der Waals surface area contributed by atoms with Crippen LogP contribution in [-0.4, -0.2) is 57.0 Å². The van der Waals surface area contributed by atoms with Crippen LogP contribution < -0.4 is 20.7 Å². The topological polar surface area (TPSA) is 101 Å². The van der Waals surface area contributed by atoms with Crippen molar-refractivity contribution in [3.63, 3.8) is 0 Å². The molecule has 1 aliphatic heterocycles. The van der Waals surface area contributed by atoms with Gasteiger partial charge in [0.1, 0.15) is 23.2 Å². The van der Waals surface area contributed by atoms with Gasteiger partial charge in [0.25, 0.3) is 5.56 Å². The van der Waals surface area contributed by atoms with E-state index in [2.05, 4.69) is 51.0 Å². The Morgan fingerprint density at radius 3 is 1.92 bits per heavy atom. The molecule has 256 valence electrons. The fourth-order valence-electron chi connectivity index (χ4n) is 5.93. The van der Waals surface area contributed by atoms with Gasteiger partial charge in [0.2, 0.25) is 0 Å². The van der Waals surface area contributed by atoms with Crippen LogP contribution in [0.4, 0.5) is 0 Å². The monoisotopic (exact) mass is 672 g/mol. The number of H-pyrrole nitrogens is 1. The molecule has 4 aromatic rings. The molecule has 10 heteroatoms. The van der Waals surface area contributed by atoms with E-state index in [1.165, 1.54) is 4.57 Å². The standard InChI is InChI=1S/C38H48N2O7Si/c1-26-23-40(36(42)39-35(26)41)24-32-22-33(34(46-32)25-45-48(7,8)37(2,3)4)47-38(27-12-10-9-11-13-27,28-14-18-30(43-5)19-15-28)29-16-20-31(44-6)21-17-29/h9-21,23,32-34H,22,24-25H2,1-8H3,(H,39,41,42)/t32-,33-,34+/m0/s1. The molecule has 3 atom stereocenters. The number of aryl methyl sites for hydroxylation is 1. The predicted molar refractivity (Wildman–Crippen MR) is 190 cm³/mol. The number of aromatic amines is 1. The minimum absolute atomic E-state index is 0.00208. The van der Waals surface area contributed by atoms with Crippen molar-refractivity contribution in [3.05, 3.63) is 128 Å². The van der Waals surface area contributed by atoms with E-state index in [1.807, 2.05) is 66.7 Å². The van der Waals surface area contributed by atoms with E-state index in [9.17, 15) is 9.59 Å². The molecule has 1 aromatic heterocycles. The molecule has 3 aromatic carbocycles. The van der Waals surface area contributed by atoms with Crippen molar-refractivity contribution in [3.8, 4) is 11.5 Å².